The van der Waals surface area contributed by atoms with Gasteiger partial charge in [-0.3, -0.25) is 4.57 Å². The molecular weight excluding hydrogens is 232 g/mol. The first kappa shape index (κ1) is 12.1. The molecule has 17 heavy (non-hydrogen) atoms. The van der Waals surface area contributed by atoms with Crippen molar-refractivity contribution in [1.29, 1.82) is 0 Å². The second-order valence-electron chi connectivity index (χ2n) is 5.19. The molecule has 2 aromatic rings. The van der Waals surface area contributed by atoms with E-state index in [0.717, 1.165) is 16.6 Å². The Morgan fingerprint density at radius 3 is 2.47 bits per heavy atom. The van der Waals surface area contributed by atoms with E-state index in [4.69, 9.17) is 0 Å². The molecule has 0 amide bonds. The summed E-state index contributed by atoms with van der Waals surface area (Å²) in [7, 11) is 1.98. The maximum atomic E-state index is 4.24. The molecule has 0 radical (unpaired) electrons. The maximum absolute atomic E-state index is 4.24. The smallest absolute Gasteiger partial charge is 0.225 e. The summed E-state index contributed by atoms with van der Waals surface area (Å²) in [5.74, 6) is 1.72. The Hall–Kier alpha value is -1.36. The lowest BCUT2D eigenvalue weighted by Gasteiger charge is -2.20. The third-order valence-electron chi connectivity index (χ3n) is 2.32. The maximum Gasteiger partial charge on any atom is 0.225 e. The zero-order valence-electron chi connectivity index (χ0n) is 10.9. The number of rotatable bonds is 2. The fraction of sp³-hybridized carbons (Fsp3) is 0.500. The standard InChI is InChI=1S/C12H18N4S/c1-8-6-7-9(17-8)10-14-15-11(16(10)5)13-12(2,3)4/h6-7H,1-5H3,(H,13,15). The SMILES string of the molecule is Cc1ccc(-c2nnc(NC(C)(C)C)n2C)s1. The molecule has 2 aromatic heterocycles. The molecular formula is C12H18N4S. The van der Waals surface area contributed by atoms with Gasteiger partial charge in [-0.15, -0.1) is 21.5 Å². The van der Waals surface area contributed by atoms with E-state index in [1.807, 2.05) is 11.6 Å². The summed E-state index contributed by atoms with van der Waals surface area (Å²) < 4.78 is 2.00. The third kappa shape index (κ3) is 2.66. The molecule has 5 heteroatoms. The number of nitrogens with one attached hydrogen (secondary N) is 1. The lowest BCUT2D eigenvalue weighted by Crippen LogP contribution is -2.27. The Labute approximate surface area is 106 Å². The Balaban J connectivity index is 2.33. The molecule has 0 saturated heterocycles. The van der Waals surface area contributed by atoms with Crippen LogP contribution in [0.4, 0.5) is 5.95 Å². The van der Waals surface area contributed by atoms with Crippen LogP contribution in [0.25, 0.3) is 10.7 Å². The van der Waals surface area contributed by atoms with Crippen molar-refractivity contribution in [3.8, 4) is 10.7 Å². The van der Waals surface area contributed by atoms with Gasteiger partial charge in [-0.2, -0.15) is 0 Å². The van der Waals surface area contributed by atoms with Crippen LogP contribution in [-0.4, -0.2) is 20.3 Å². The topological polar surface area (TPSA) is 42.7 Å². The van der Waals surface area contributed by atoms with Crippen LogP contribution < -0.4 is 5.32 Å². The Kier molecular flexibility index (Phi) is 2.95. The Bertz CT molecular complexity index is 519. The van der Waals surface area contributed by atoms with E-state index in [1.54, 1.807) is 11.3 Å². The van der Waals surface area contributed by atoms with Crippen LogP contribution in [0.15, 0.2) is 12.1 Å². The number of hydrogen-bond acceptors (Lipinski definition) is 4. The molecule has 0 saturated carbocycles. The van der Waals surface area contributed by atoms with Gasteiger partial charge in [0.2, 0.25) is 5.95 Å². The second kappa shape index (κ2) is 4.14. The summed E-state index contributed by atoms with van der Waals surface area (Å²) in [6.07, 6.45) is 0. The highest BCUT2D eigenvalue weighted by Gasteiger charge is 2.16. The number of aryl methyl sites for hydroxylation is 1. The van der Waals surface area contributed by atoms with Crippen LogP contribution in [0.3, 0.4) is 0 Å². The number of hydrogen-bond donors (Lipinski definition) is 1. The Morgan fingerprint density at radius 2 is 1.94 bits per heavy atom. The summed E-state index contributed by atoms with van der Waals surface area (Å²) in [4.78, 5) is 2.44. The molecule has 0 aliphatic heterocycles. The Morgan fingerprint density at radius 1 is 1.24 bits per heavy atom. The monoisotopic (exact) mass is 250 g/mol. The second-order valence-corrected chi connectivity index (χ2v) is 6.48. The van der Waals surface area contributed by atoms with E-state index >= 15 is 0 Å². The lowest BCUT2D eigenvalue weighted by atomic mass is 10.1. The van der Waals surface area contributed by atoms with Gasteiger partial charge in [0.15, 0.2) is 5.82 Å². The molecule has 2 rings (SSSR count). The summed E-state index contributed by atoms with van der Waals surface area (Å²) in [6, 6.07) is 4.19. The van der Waals surface area contributed by atoms with Gasteiger partial charge in [-0.25, -0.2) is 0 Å². The van der Waals surface area contributed by atoms with Gasteiger partial charge in [0.05, 0.1) is 4.88 Å². The minimum absolute atomic E-state index is 0.0105. The zero-order chi connectivity index (χ0) is 12.6. The van der Waals surface area contributed by atoms with Crippen LogP contribution in [0.5, 0.6) is 0 Å². The number of anilines is 1. The first-order valence-corrected chi connectivity index (χ1v) is 6.43. The van der Waals surface area contributed by atoms with E-state index < -0.39 is 0 Å². The molecule has 0 aliphatic carbocycles. The van der Waals surface area contributed by atoms with E-state index in [2.05, 4.69) is 55.3 Å². The summed E-state index contributed by atoms with van der Waals surface area (Å²) in [5.41, 5.74) is -0.0105. The van der Waals surface area contributed by atoms with Gasteiger partial charge in [0.1, 0.15) is 0 Å². The van der Waals surface area contributed by atoms with Gasteiger partial charge in [0, 0.05) is 17.5 Å². The highest BCUT2D eigenvalue weighted by molar-refractivity contribution is 7.15. The molecule has 0 aromatic carbocycles. The van der Waals surface area contributed by atoms with Crippen molar-refractivity contribution >= 4 is 17.3 Å². The first-order chi connectivity index (χ1) is 7.87. The molecule has 4 nitrogen and oxygen atoms in total. The molecule has 92 valence electrons. The zero-order valence-corrected chi connectivity index (χ0v) is 11.7. The van der Waals surface area contributed by atoms with E-state index in [0.29, 0.717) is 0 Å². The first-order valence-electron chi connectivity index (χ1n) is 5.61. The predicted octanol–water partition coefficient (Wildman–Crippen LogP) is 3.06. The van der Waals surface area contributed by atoms with Gasteiger partial charge in [-0.1, -0.05) is 0 Å². The summed E-state index contributed by atoms with van der Waals surface area (Å²) in [5, 5.41) is 11.8. The van der Waals surface area contributed by atoms with Crippen LogP contribution >= 0.6 is 11.3 Å². The van der Waals surface area contributed by atoms with E-state index in [9.17, 15) is 0 Å². The molecule has 1 N–H and O–H groups in total. The van der Waals surface area contributed by atoms with Crippen molar-refractivity contribution in [2.75, 3.05) is 5.32 Å². The van der Waals surface area contributed by atoms with Crippen molar-refractivity contribution in [3.05, 3.63) is 17.0 Å². The minimum Gasteiger partial charge on any atom is -0.350 e. The average molecular weight is 250 g/mol. The third-order valence-corrected chi connectivity index (χ3v) is 3.32. The van der Waals surface area contributed by atoms with Crippen molar-refractivity contribution in [1.82, 2.24) is 14.8 Å². The average Bonchev–Trinajstić information content (AvgIpc) is 2.73. The largest absolute Gasteiger partial charge is 0.350 e. The van der Waals surface area contributed by atoms with Crippen molar-refractivity contribution in [2.24, 2.45) is 7.05 Å². The van der Waals surface area contributed by atoms with Gasteiger partial charge in [-0.05, 0) is 39.8 Å². The number of nitrogens with zero attached hydrogens (tertiary/aromatic N) is 3. The fourth-order valence-corrected chi connectivity index (χ4v) is 2.43. The van der Waals surface area contributed by atoms with Gasteiger partial charge in [0.25, 0.3) is 0 Å². The molecule has 0 bridgehead atoms. The highest BCUT2D eigenvalue weighted by atomic mass is 32.1. The lowest BCUT2D eigenvalue weighted by molar-refractivity contribution is 0.620. The number of thiophene rings is 1. The minimum atomic E-state index is -0.0105. The normalized spacial score (nSPS) is 11.8. The molecule has 2 heterocycles. The molecule has 0 spiro atoms. The molecule has 0 fully saturated rings. The van der Waals surface area contributed by atoms with Crippen LogP contribution in [0, 0.1) is 6.92 Å². The van der Waals surface area contributed by atoms with Crippen molar-refractivity contribution < 1.29 is 0 Å². The quantitative estimate of drug-likeness (QED) is 0.890. The predicted molar refractivity (Wildman–Crippen MR) is 72.4 cm³/mol. The van der Waals surface area contributed by atoms with Crippen LogP contribution in [0.2, 0.25) is 0 Å². The van der Waals surface area contributed by atoms with E-state index in [1.165, 1.54) is 4.88 Å². The molecule has 0 atom stereocenters. The summed E-state index contributed by atoms with van der Waals surface area (Å²) >= 11 is 1.74. The van der Waals surface area contributed by atoms with Gasteiger partial charge >= 0.3 is 0 Å². The molecule has 0 aliphatic rings. The van der Waals surface area contributed by atoms with Crippen LogP contribution in [-0.2, 0) is 7.05 Å². The fourth-order valence-electron chi connectivity index (χ4n) is 1.54. The van der Waals surface area contributed by atoms with Crippen molar-refractivity contribution in [2.45, 2.75) is 33.2 Å². The highest BCUT2D eigenvalue weighted by Crippen LogP contribution is 2.27. The van der Waals surface area contributed by atoms with Gasteiger partial charge < -0.3 is 5.32 Å². The molecule has 0 unspecified atom stereocenters. The van der Waals surface area contributed by atoms with Crippen molar-refractivity contribution in [3.63, 3.8) is 0 Å². The number of aromatic nitrogens is 3. The van der Waals surface area contributed by atoms with E-state index in [-0.39, 0.29) is 5.54 Å². The van der Waals surface area contributed by atoms with Crippen LogP contribution in [0.1, 0.15) is 25.6 Å². The summed E-state index contributed by atoms with van der Waals surface area (Å²) in [6.45, 7) is 8.42.